The fourth-order valence-electron chi connectivity index (χ4n) is 1.78. The summed E-state index contributed by atoms with van der Waals surface area (Å²) in [7, 11) is 0. The van der Waals surface area contributed by atoms with Crippen LogP contribution in [-0.4, -0.2) is 26.4 Å². The first-order chi connectivity index (χ1) is 8.42. The zero-order chi connectivity index (χ0) is 13.9. The molecule has 0 aliphatic rings. The van der Waals surface area contributed by atoms with Gasteiger partial charge in [0.2, 0.25) is 0 Å². The molecule has 18 heavy (non-hydrogen) atoms. The maximum absolute atomic E-state index is 5.55. The Balaban J connectivity index is 3.04. The summed E-state index contributed by atoms with van der Waals surface area (Å²) >= 11 is 0. The van der Waals surface area contributed by atoms with Crippen molar-refractivity contribution in [2.75, 3.05) is 26.4 Å². The molecule has 2 heteroatoms. The van der Waals surface area contributed by atoms with E-state index in [1.807, 2.05) is 0 Å². The van der Waals surface area contributed by atoms with E-state index in [0.29, 0.717) is 5.41 Å². The first-order valence-electron chi connectivity index (χ1n) is 7.57. The molecule has 0 N–H and O–H groups in total. The molecule has 0 heterocycles. The Labute approximate surface area is 114 Å². The van der Waals surface area contributed by atoms with Crippen LogP contribution in [0.15, 0.2) is 0 Å². The van der Waals surface area contributed by atoms with Crippen molar-refractivity contribution < 1.29 is 9.47 Å². The highest BCUT2D eigenvalue weighted by Gasteiger charge is 2.08. The van der Waals surface area contributed by atoms with E-state index in [1.165, 1.54) is 25.7 Å². The van der Waals surface area contributed by atoms with Crippen molar-refractivity contribution in [3.05, 3.63) is 0 Å². The van der Waals surface area contributed by atoms with Crippen LogP contribution in [0.5, 0.6) is 0 Å². The Hall–Kier alpha value is -0.0800. The van der Waals surface area contributed by atoms with Gasteiger partial charge in [0.05, 0.1) is 13.2 Å². The van der Waals surface area contributed by atoms with E-state index in [-0.39, 0.29) is 0 Å². The van der Waals surface area contributed by atoms with E-state index >= 15 is 0 Å². The molecule has 0 fully saturated rings. The molecule has 0 saturated heterocycles. The van der Waals surface area contributed by atoms with Crippen LogP contribution in [0.2, 0.25) is 0 Å². The molecule has 0 aromatic carbocycles. The van der Waals surface area contributed by atoms with Gasteiger partial charge >= 0.3 is 0 Å². The standard InChI is InChI=1S/C16H34O2/c1-15(2)9-6-7-11-17-13-14-18-12-8-10-16(3,4)5/h15H,6-14H2,1-5H3. The van der Waals surface area contributed by atoms with Gasteiger partial charge in [0.15, 0.2) is 0 Å². The average molecular weight is 258 g/mol. The van der Waals surface area contributed by atoms with E-state index < -0.39 is 0 Å². The Bertz CT molecular complexity index is 170. The fraction of sp³-hybridized carbons (Fsp3) is 1.00. The molecule has 0 aromatic rings. The van der Waals surface area contributed by atoms with Crippen molar-refractivity contribution in [3.63, 3.8) is 0 Å². The summed E-state index contributed by atoms with van der Waals surface area (Å²) in [6, 6.07) is 0. The minimum atomic E-state index is 0.427. The Morgan fingerprint density at radius 1 is 0.778 bits per heavy atom. The molecule has 110 valence electrons. The van der Waals surface area contributed by atoms with Crippen molar-refractivity contribution in [2.24, 2.45) is 11.3 Å². The van der Waals surface area contributed by atoms with Gasteiger partial charge in [-0.2, -0.15) is 0 Å². The second-order valence-electron chi connectivity index (χ2n) is 6.78. The highest BCUT2D eigenvalue weighted by molar-refractivity contribution is 4.60. The molecule has 0 spiro atoms. The van der Waals surface area contributed by atoms with E-state index in [2.05, 4.69) is 34.6 Å². The van der Waals surface area contributed by atoms with Gasteiger partial charge in [0.1, 0.15) is 0 Å². The van der Waals surface area contributed by atoms with Crippen molar-refractivity contribution >= 4 is 0 Å². The minimum absolute atomic E-state index is 0.427. The van der Waals surface area contributed by atoms with Crippen molar-refractivity contribution in [1.29, 1.82) is 0 Å². The summed E-state index contributed by atoms with van der Waals surface area (Å²) < 4.78 is 11.1. The van der Waals surface area contributed by atoms with E-state index in [4.69, 9.17) is 9.47 Å². The molecule has 0 amide bonds. The lowest BCUT2D eigenvalue weighted by atomic mass is 9.91. The van der Waals surface area contributed by atoms with Gasteiger partial charge in [-0.05, 0) is 30.6 Å². The molecule has 0 aliphatic carbocycles. The van der Waals surface area contributed by atoms with Gasteiger partial charge in [-0.25, -0.2) is 0 Å². The van der Waals surface area contributed by atoms with Crippen LogP contribution < -0.4 is 0 Å². The summed E-state index contributed by atoms with van der Waals surface area (Å²) in [6.07, 6.45) is 6.15. The first-order valence-corrected chi connectivity index (χ1v) is 7.57. The zero-order valence-corrected chi connectivity index (χ0v) is 13.3. The quantitative estimate of drug-likeness (QED) is 0.501. The molecule has 2 nitrogen and oxygen atoms in total. The third kappa shape index (κ3) is 15.9. The largest absolute Gasteiger partial charge is 0.379 e. The van der Waals surface area contributed by atoms with Gasteiger partial charge in [0, 0.05) is 13.2 Å². The van der Waals surface area contributed by atoms with Crippen LogP contribution in [0.25, 0.3) is 0 Å². The van der Waals surface area contributed by atoms with Gasteiger partial charge in [-0.15, -0.1) is 0 Å². The SMILES string of the molecule is CC(C)CCCCOCCOCCCC(C)(C)C. The zero-order valence-electron chi connectivity index (χ0n) is 13.3. The summed E-state index contributed by atoms with van der Waals surface area (Å²) in [4.78, 5) is 0. The van der Waals surface area contributed by atoms with Crippen molar-refractivity contribution in [2.45, 2.75) is 66.7 Å². The normalized spacial score (nSPS) is 12.3. The van der Waals surface area contributed by atoms with Crippen LogP contribution in [0.3, 0.4) is 0 Å². The highest BCUT2D eigenvalue weighted by Crippen LogP contribution is 2.20. The summed E-state index contributed by atoms with van der Waals surface area (Å²) in [5.74, 6) is 0.816. The van der Waals surface area contributed by atoms with Gasteiger partial charge in [-0.1, -0.05) is 47.5 Å². The van der Waals surface area contributed by atoms with E-state index in [0.717, 1.165) is 38.8 Å². The molecule has 0 bridgehead atoms. The third-order valence-electron chi connectivity index (χ3n) is 2.91. The topological polar surface area (TPSA) is 18.5 Å². The second kappa shape index (κ2) is 10.8. The molecule has 0 rings (SSSR count). The highest BCUT2D eigenvalue weighted by atomic mass is 16.5. The third-order valence-corrected chi connectivity index (χ3v) is 2.91. The lowest BCUT2D eigenvalue weighted by molar-refractivity contribution is 0.0427. The molecule has 0 aromatic heterocycles. The summed E-state index contributed by atoms with van der Waals surface area (Å²) in [5, 5.41) is 0. The van der Waals surface area contributed by atoms with Crippen molar-refractivity contribution in [3.8, 4) is 0 Å². The molecular formula is C16H34O2. The van der Waals surface area contributed by atoms with Crippen LogP contribution >= 0.6 is 0 Å². The first kappa shape index (κ1) is 17.9. The Morgan fingerprint density at radius 3 is 1.83 bits per heavy atom. The van der Waals surface area contributed by atoms with Gasteiger partial charge in [-0.3, -0.25) is 0 Å². The number of ether oxygens (including phenoxy) is 2. The van der Waals surface area contributed by atoms with Crippen molar-refractivity contribution in [1.82, 2.24) is 0 Å². The lowest BCUT2D eigenvalue weighted by Crippen LogP contribution is -2.09. The average Bonchev–Trinajstić information content (AvgIpc) is 2.24. The number of hydrogen-bond donors (Lipinski definition) is 0. The van der Waals surface area contributed by atoms with Crippen LogP contribution in [0.1, 0.15) is 66.7 Å². The van der Waals surface area contributed by atoms with E-state index in [1.54, 1.807) is 0 Å². The number of hydrogen-bond acceptors (Lipinski definition) is 2. The van der Waals surface area contributed by atoms with Crippen LogP contribution in [0.4, 0.5) is 0 Å². The number of rotatable bonds is 11. The molecule has 0 atom stereocenters. The van der Waals surface area contributed by atoms with E-state index in [9.17, 15) is 0 Å². The molecule has 0 radical (unpaired) electrons. The molecule has 0 aliphatic heterocycles. The predicted octanol–water partition coefficient (Wildman–Crippen LogP) is 4.67. The van der Waals surface area contributed by atoms with Gasteiger partial charge < -0.3 is 9.47 Å². The second-order valence-corrected chi connectivity index (χ2v) is 6.78. The lowest BCUT2D eigenvalue weighted by Gasteiger charge is -2.17. The molecule has 0 saturated carbocycles. The minimum Gasteiger partial charge on any atom is -0.379 e. The monoisotopic (exact) mass is 258 g/mol. The number of unbranched alkanes of at least 4 members (excludes halogenated alkanes) is 1. The molecule has 0 unspecified atom stereocenters. The maximum atomic E-state index is 5.55. The summed E-state index contributed by atoms with van der Waals surface area (Å²) in [5.41, 5.74) is 0.427. The Kier molecular flexibility index (Phi) is 10.8. The van der Waals surface area contributed by atoms with Crippen LogP contribution in [-0.2, 0) is 9.47 Å². The molecular weight excluding hydrogens is 224 g/mol. The fourth-order valence-corrected chi connectivity index (χ4v) is 1.78. The van der Waals surface area contributed by atoms with Gasteiger partial charge in [0.25, 0.3) is 0 Å². The Morgan fingerprint density at radius 2 is 1.33 bits per heavy atom. The predicted molar refractivity (Wildman–Crippen MR) is 79.0 cm³/mol. The smallest absolute Gasteiger partial charge is 0.0700 e. The summed E-state index contributed by atoms with van der Waals surface area (Å²) in [6.45, 7) is 14.6. The van der Waals surface area contributed by atoms with Crippen LogP contribution in [0, 0.1) is 11.3 Å². The maximum Gasteiger partial charge on any atom is 0.0700 e.